The van der Waals surface area contributed by atoms with Crippen molar-refractivity contribution in [1.29, 1.82) is 0 Å². The van der Waals surface area contributed by atoms with Gasteiger partial charge >= 0.3 is 5.88 Å². The Labute approximate surface area is 124 Å². The van der Waals surface area contributed by atoms with E-state index in [1.54, 1.807) is 30.3 Å². The first kappa shape index (κ1) is 15.0. The van der Waals surface area contributed by atoms with Gasteiger partial charge in [-0.25, -0.2) is 0 Å². The van der Waals surface area contributed by atoms with E-state index in [-0.39, 0.29) is 5.76 Å². The first-order valence-corrected chi connectivity index (χ1v) is 6.14. The third-order valence-electron chi connectivity index (χ3n) is 2.53. The first-order valence-electron chi connectivity index (χ1n) is 6.14. The molecular formula is C14H11N3O5. The number of rotatable bonds is 4. The van der Waals surface area contributed by atoms with Crippen LogP contribution in [-0.4, -0.2) is 16.7 Å². The number of furan rings is 1. The van der Waals surface area contributed by atoms with Gasteiger partial charge < -0.3 is 4.42 Å². The largest absolute Gasteiger partial charge is 0.433 e. The van der Waals surface area contributed by atoms with Crippen LogP contribution in [0.15, 0.2) is 53.0 Å². The number of hydrogen-bond acceptors (Lipinski definition) is 5. The summed E-state index contributed by atoms with van der Waals surface area (Å²) < 4.78 is 4.84. The Morgan fingerprint density at radius 1 is 1.09 bits per heavy atom. The first-order chi connectivity index (χ1) is 10.6. The van der Waals surface area contributed by atoms with Gasteiger partial charge in [0.05, 0.1) is 6.07 Å². The number of carbonyl (C=O) groups excluding carboxylic acids is 2. The van der Waals surface area contributed by atoms with E-state index >= 15 is 0 Å². The van der Waals surface area contributed by atoms with E-state index in [1.165, 1.54) is 18.2 Å². The second-order valence-corrected chi connectivity index (χ2v) is 4.08. The molecule has 8 nitrogen and oxygen atoms in total. The van der Waals surface area contributed by atoms with E-state index < -0.39 is 22.6 Å². The lowest BCUT2D eigenvalue weighted by molar-refractivity contribution is -0.402. The highest BCUT2D eigenvalue weighted by Gasteiger charge is 2.10. The van der Waals surface area contributed by atoms with Gasteiger partial charge in [0, 0.05) is 11.6 Å². The number of nitrogens with one attached hydrogen (secondary N) is 2. The number of hydrazine groups is 1. The summed E-state index contributed by atoms with van der Waals surface area (Å²) in [4.78, 5) is 32.9. The van der Waals surface area contributed by atoms with E-state index in [1.807, 2.05) is 0 Å². The van der Waals surface area contributed by atoms with Gasteiger partial charge in [-0.3, -0.25) is 30.6 Å². The molecule has 0 unspecified atom stereocenters. The molecule has 0 aliphatic rings. The van der Waals surface area contributed by atoms with Gasteiger partial charge in [0.15, 0.2) is 0 Å². The quantitative estimate of drug-likeness (QED) is 0.506. The van der Waals surface area contributed by atoms with Crippen molar-refractivity contribution < 1.29 is 18.9 Å². The number of benzene rings is 1. The summed E-state index contributed by atoms with van der Waals surface area (Å²) in [5.74, 6) is -1.34. The smallest absolute Gasteiger partial charge is 0.401 e. The van der Waals surface area contributed by atoms with Gasteiger partial charge in [-0.15, -0.1) is 0 Å². The van der Waals surface area contributed by atoms with Crippen LogP contribution in [0, 0.1) is 10.1 Å². The van der Waals surface area contributed by atoms with Crippen LogP contribution in [0.25, 0.3) is 6.08 Å². The van der Waals surface area contributed by atoms with Gasteiger partial charge in [0.25, 0.3) is 11.8 Å². The Morgan fingerprint density at radius 2 is 1.82 bits per heavy atom. The Morgan fingerprint density at radius 3 is 2.45 bits per heavy atom. The molecule has 0 fully saturated rings. The van der Waals surface area contributed by atoms with Crippen LogP contribution >= 0.6 is 0 Å². The van der Waals surface area contributed by atoms with E-state index in [4.69, 9.17) is 4.42 Å². The average molecular weight is 301 g/mol. The van der Waals surface area contributed by atoms with Crippen molar-refractivity contribution in [3.63, 3.8) is 0 Å². The molecule has 0 saturated carbocycles. The Kier molecular flexibility index (Phi) is 4.66. The van der Waals surface area contributed by atoms with E-state index in [0.717, 1.165) is 6.08 Å². The van der Waals surface area contributed by atoms with Crippen LogP contribution in [0.2, 0.25) is 0 Å². The molecule has 0 saturated heterocycles. The highest BCUT2D eigenvalue weighted by molar-refractivity contribution is 5.97. The van der Waals surface area contributed by atoms with Crippen LogP contribution in [0.1, 0.15) is 16.1 Å². The molecule has 0 atom stereocenters. The van der Waals surface area contributed by atoms with Crippen LogP contribution in [0.3, 0.4) is 0 Å². The number of hydrogen-bond donors (Lipinski definition) is 2. The monoisotopic (exact) mass is 301 g/mol. The van der Waals surface area contributed by atoms with E-state index in [0.29, 0.717) is 5.56 Å². The Bertz CT molecular complexity index is 721. The Hall–Kier alpha value is -3.42. The minimum atomic E-state index is -0.683. The molecule has 2 aromatic rings. The summed E-state index contributed by atoms with van der Waals surface area (Å²) in [6, 6.07) is 10.9. The van der Waals surface area contributed by atoms with Gasteiger partial charge in [0.2, 0.25) is 0 Å². The predicted octanol–water partition coefficient (Wildman–Crippen LogP) is 1.66. The van der Waals surface area contributed by atoms with Gasteiger partial charge in [-0.1, -0.05) is 18.2 Å². The van der Waals surface area contributed by atoms with Crippen molar-refractivity contribution in [1.82, 2.24) is 10.9 Å². The molecule has 0 aliphatic heterocycles. The summed E-state index contributed by atoms with van der Waals surface area (Å²) in [5, 5.41) is 10.4. The molecule has 2 N–H and O–H groups in total. The summed E-state index contributed by atoms with van der Waals surface area (Å²) in [6.07, 6.45) is 2.32. The molecule has 8 heteroatoms. The SMILES string of the molecule is O=C(/C=C/c1ccc([N+](=O)[O-])o1)NNC(=O)c1ccccc1. The number of carbonyl (C=O) groups is 2. The molecule has 112 valence electrons. The van der Waals surface area contributed by atoms with Crippen molar-refractivity contribution in [3.8, 4) is 0 Å². The van der Waals surface area contributed by atoms with Crippen molar-refractivity contribution >= 4 is 23.8 Å². The third-order valence-corrected chi connectivity index (χ3v) is 2.53. The zero-order valence-electron chi connectivity index (χ0n) is 11.2. The number of nitrogens with zero attached hydrogens (tertiary/aromatic N) is 1. The van der Waals surface area contributed by atoms with Gasteiger partial charge in [-0.05, 0) is 24.3 Å². The minimum absolute atomic E-state index is 0.149. The highest BCUT2D eigenvalue weighted by Crippen LogP contribution is 2.16. The molecule has 22 heavy (non-hydrogen) atoms. The summed E-state index contributed by atoms with van der Waals surface area (Å²) in [7, 11) is 0. The normalized spacial score (nSPS) is 10.4. The molecule has 2 rings (SSSR count). The van der Waals surface area contributed by atoms with Crippen molar-refractivity contribution in [3.05, 3.63) is 70.0 Å². The molecule has 0 spiro atoms. The molecule has 1 heterocycles. The molecule has 1 aromatic heterocycles. The van der Waals surface area contributed by atoms with Crippen molar-refractivity contribution in [2.24, 2.45) is 0 Å². The minimum Gasteiger partial charge on any atom is -0.401 e. The lowest BCUT2D eigenvalue weighted by Gasteiger charge is -2.04. The fourth-order valence-electron chi connectivity index (χ4n) is 1.51. The fourth-order valence-corrected chi connectivity index (χ4v) is 1.51. The molecule has 0 bridgehead atoms. The average Bonchev–Trinajstić information content (AvgIpc) is 3.00. The lowest BCUT2D eigenvalue weighted by Crippen LogP contribution is -2.40. The maximum Gasteiger partial charge on any atom is 0.433 e. The standard InChI is InChI=1S/C14H11N3O5/c18-12(8-6-11-7-9-13(22-11)17(20)21)15-16-14(19)10-4-2-1-3-5-10/h1-9H,(H,15,18)(H,16,19)/b8-6+. The molecule has 1 aromatic carbocycles. The van der Waals surface area contributed by atoms with Gasteiger partial charge in [-0.2, -0.15) is 0 Å². The molecule has 2 amide bonds. The van der Waals surface area contributed by atoms with Crippen molar-refractivity contribution in [2.75, 3.05) is 0 Å². The maximum absolute atomic E-state index is 11.7. The zero-order chi connectivity index (χ0) is 15.9. The topological polar surface area (TPSA) is 114 Å². The summed E-state index contributed by atoms with van der Waals surface area (Å²) >= 11 is 0. The maximum atomic E-state index is 11.7. The van der Waals surface area contributed by atoms with E-state index in [2.05, 4.69) is 10.9 Å². The third kappa shape index (κ3) is 4.04. The highest BCUT2D eigenvalue weighted by atomic mass is 16.6. The van der Waals surface area contributed by atoms with Crippen LogP contribution < -0.4 is 10.9 Å². The van der Waals surface area contributed by atoms with E-state index in [9.17, 15) is 19.7 Å². The number of nitro groups is 1. The molecule has 0 aliphatic carbocycles. The van der Waals surface area contributed by atoms with Crippen LogP contribution in [0.4, 0.5) is 5.88 Å². The van der Waals surface area contributed by atoms with Gasteiger partial charge in [0.1, 0.15) is 10.7 Å². The van der Waals surface area contributed by atoms with Crippen LogP contribution in [0.5, 0.6) is 0 Å². The second kappa shape index (κ2) is 6.84. The molecular weight excluding hydrogens is 290 g/mol. The van der Waals surface area contributed by atoms with Crippen molar-refractivity contribution in [2.45, 2.75) is 0 Å². The molecule has 0 radical (unpaired) electrons. The summed E-state index contributed by atoms with van der Waals surface area (Å²) in [6.45, 7) is 0. The predicted molar refractivity (Wildman–Crippen MR) is 76.4 cm³/mol. The Balaban J connectivity index is 1.86. The fraction of sp³-hybridized carbons (Fsp3) is 0. The van der Waals surface area contributed by atoms with Crippen LogP contribution in [-0.2, 0) is 4.79 Å². The summed E-state index contributed by atoms with van der Waals surface area (Å²) in [5.41, 5.74) is 4.81. The lowest BCUT2D eigenvalue weighted by atomic mass is 10.2. The number of amides is 2. The second-order valence-electron chi connectivity index (χ2n) is 4.08. The zero-order valence-corrected chi connectivity index (χ0v) is 11.2.